The van der Waals surface area contributed by atoms with Gasteiger partial charge in [0.1, 0.15) is 0 Å². The van der Waals surface area contributed by atoms with E-state index in [2.05, 4.69) is 15.3 Å². The lowest BCUT2D eigenvalue weighted by Crippen LogP contribution is -2.34. The number of hydrogen-bond donors (Lipinski definition) is 1. The predicted molar refractivity (Wildman–Crippen MR) is 58.9 cm³/mol. The Hall–Kier alpha value is -0.610. The van der Waals surface area contributed by atoms with E-state index < -0.39 is 0 Å². The van der Waals surface area contributed by atoms with Gasteiger partial charge >= 0.3 is 0 Å². The molecule has 1 aliphatic heterocycles. The third-order valence-electron chi connectivity index (χ3n) is 2.75. The fourth-order valence-electron chi connectivity index (χ4n) is 1.79. The second-order valence-electron chi connectivity index (χ2n) is 3.88. The summed E-state index contributed by atoms with van der Waals surface area (Å²) >= 11 is 1.72. The van der Waals surface area contributed by atoms with Crippen LogP contribution in [0.15, 0.2) is 5.38 Å². The minimum Gasteiger partial charge on any atom is -0.396 e. The highest BCUT2D eigenvalue weighted by molar-refractivity contribution is 7.13. The first-order valence-corrected chi connectivity index (χ1v) is 5.95. The summed E-state index contributed by atoms with van der Waals surface area (Å²) < 4.78 is 0. The van der Waals surface area contributed by atoms with Crippen LogP contribution >= 0.6 is 11.3 Å². The Labute approximate surface area is 88.4 Å². The van der Waals surface area contributed by atoms with Gasteiger partial charge in [-0.3, -0.25) is 0 Å². The van der Waals surface area contributed by atoms with Gasteiger partial charge < -0.3 is 10.0 Å². The second kappa shape index (κ2) is 4.28. The van der Waals surface area contributed by atoms with Crippen LogP contribution in [-0.4, -0.2) is 29.8 Å². The molecule has 0 aliphatic carbocycles. The molecule has 2 heterocycles. The standard InChI is InChI=1S/C10H16N2OS/c1-8-7-14-10(11-8)12-4-2-9(6-13)3-5-12/h7,9,13H,2-6H2,1H3. The van der Waals surface area contributed by atoms with Crippen molar-refractivity contribution in [1.82, 2.24) is 4.98 Å². The maximum absolute atomic E-state index is 9.02. The molecule has 0 atom stereocenters. The van der Waals surface area contributed by atoms with Gasteiger partial charge in [-0.1, -0.05) is 0 Å². The van der Waals surface area contributed by atoms with Crippen molar-refractivity contribution in [2.45, 2.75) is 19.8 Å². The molecule has 1 saturated heterocycles. The first-order chi connectivity index (χ1) is 6.79. The molecule has 0 bridgehead atoms. The molecule has 0 unspecified atom stereocenters. The topological polar surface area (TPSA) is 36.4 Å². The highest BCUT2D eigenvalue weighted by atomic mass is 32.1. The van der Waals surface area contributed by atoms with Crippen LogP contribution in [0.5, 0.6) is 0 Å². The van der Waals surface area contributed by atoms with E-state index in [4.69, 9.17) is 5.11 Å². The van der Waals surface area contributed by atoms with Gasteiger partial charge in [0.2, 0.25) is 0 Å². The number of anilines is 1. The molecule has 0 spiro atoms. The number of aryl methyl sites for hydroxylation is 1. The summed E-state index contributed by atoms with van der Waals surface area (Å²) in [6.45, 7) is 4.45. The van der Waals surface area contributed by atoms with Gasteiger partial charge in [-0.15, -0.1) is 11.3 Å². The van der Waals surface area contributed by atoms with Crippen LogP contribution < -0.4 is 4.90 Å². The monoisotopic (exact) mass is 212 g/mol. The van der Waals surface area contributed by atoms with Crippen LogP contribution in [0.25, 0.3) is 0 Å². The zero-order valence-electron chi connectivity index (χ0n) is 8.44. The minimum absolute atomic E-state index is 0.338. The second-order valence-corrected chi connectivity index (χ2v) is 4.72. The first kappa shape index (κ1) is 9.93. The molecule has 1 aromatic rings. The van der Waals surface area contributed by atoms with Gasteiger partial charge in [-0.2, -0.15) is 0 Å². The van der Waals surface area contributed by atoms with Crippen LogP contribution in [0.2, 0.25) is 0 Å². The van der Waals surface area contributed by atoms with Gasteiger partial charge in [-0.05, 0) is 25.7 Å². The van der Waals surface area contributed by atoms with Gasteiger partial charge in [-0.25, -0.2) is 4.98 Å². The molecule has 0 saturated carbocycles. The Morgan fingerprint density at radius 2 is 2.29 bits per heavy atom. The summed E-state index contributed by atoms with van der Waals surface area (Å²) in [5, 5.41) is 12.2. The largest absolute Gasteiger partial charge is 0.396 e. The highest BCUT2D eigenvalue weighted by Gasteiger charge is 2.20. The summed E-state index contributed by atoms with van der Waals surface area (Å²) in [5.41, 5.74) is 1.11. The molecule has 1 N–H and O–H groups in total. The molecule has 1 aliphatic rings. The molecule has 4 heteroatoms. The number of thiazole rings is 1. The molecule has 1 aromatic heterocycles. The van der Waals surface area contributed by atoms with Crippen molar-refractivity contribution < 1.29 is 5.11 Å². The molecule has 3 nitrogen and oxygen atoms in total. The van der Waals surface area contributed by atoms with E-state index in [9.17, 15) is 0 Å². The van der Waals surface area contributed by atoms with Crippen molar-refractivity contribution in [2.24, 2.45) is 5.92 Å². The molecule has 14 heavy (non-hydrogen) atoms. The van der Waals surface area contributed by atoms with Crippen molar-refractivity contribution in [3.05, 3.63) is 11.1 Å². The highest BCUT2D eigenvalue weighted by Crippen LogP contribution is 2.25. The molecule has 2 rings (SSSR count). The van der Waals surface area contributed by atoms with Gasteiger partial charge in [0.25, 0.3) is 0 Å². The lowest BCUT2D eigenvalue weighted by Gasteiger charge is -2.30. The van der Waals surface area contributed by atoms with Crippen LogP contribution in [0, 0.1) is 12.8 Å². The number of nitrogens with zero attached hydrogens (tertiary/aromatic N) is 2. The Morgan fingerprint density at radius 3 is 2.79 bits per heavy atom. The molecule has 0 aromatic carbocycles. The number of aliphatic hydroxyl groups excluding tert-OH is 1. The summed E-state index contributed by atoms with van der Waals surface area (Å²) in [6.07, 6.45) is 2.18. The van der Waals surface area contributed by atoms with Gasteiger partial charge in [0, 0.05) is 25.1 Å². The average molecular weight is 212 g/mol. The van der Waals surface area contributed by atoms with E-state index in [-0.39, 0.29) is 0 Å². The maximum Gasteiger partial charge on any atom is 0.185 e. The molecule has 0 amide bonds. The maximum atomic E-state index is 9.02. The molecule has 0 radical (unpaired) electrons. The minimum atomic E-state index is 0.338. The predicted octanol–water partition coefficient (Wildman–Crippen LogP) is 1.66. The fraction of sp³-hybridized carbons (Fsp3) is 0.700. The smallest absolute Gasteiger partial charge is 0.185 e. The van der Waals surface area contributed by atoms with E-state index in [1.54, 1.807) is 11.3 Å². The molecule has 78 valence electrons. The van der Waals surface area contributed by atoms with E-state index in [1.807, 2.05) is 6.92 Å². The lowest BCUT2D eigenvalue weighted by molar-refractivity contribution is 0.203. The first-order valence-electron chi connectivity index (χ1n) is 5.07. The Kier molecular flexibility index (Phi) is 3.03. The molecular weight excluding hydrogens is 196 g/mol. The van der Waals surface area contributed by atoms with Crippen LogP contribution in [-0.2, 0) is 0 Å². The average Bonchev–Trinajstić information content (AvgIpc) is 2.65. The van der Waals surface area contributed by atoms with Crippen LogP contribution in [0.3, 0.4) is 0 Å². The Balaban J connectivity index is 1.95. The third-order valence-corrected chi connectivity index (χ3v) is 3.77. The number of rotatable bonds is 2. The quantitative estimate of drug-likeness (QED) is 0.810. The van der Waals surface area contributed by atoms with Crippen LogP contribution in [0.1, 0.15) is 18.5 Å². The third kappa shape index (κ3) is 2.07. The summed E-state index contributed by atoms with van der Waals surface area (Å²) in [6, 6.07) is 0. The van der Waals surface area contributed by atoms with E-state index in [0.717, 1.165) is 36.8 Å². The van der Waals surface area contributed by atoms with Crippen molar-refractivity contribution in [3.63, 3.8) is 0 Å². The van der Waals surface area contributed by atoms with Crippen molar-refractivity contribution in [2.75, 3.05) is 24.6 Å². The zero-order chi connectivity index (χ0) is 9.97. The molecule has 1 fully saturated rings. The Morgan fingerprint density at radius 1 is 1.57 bits per heavy atom. The van der Waals surface area contributed by atoms with Crippen molar-refractivity contribution >= 4 is 16.5 Å². The van der Waals surface area contributed by atoms with E-state index >= 15 is 0 Å². The van der Waals surface area contributed by atoms with Crippen LogP contribution in [0.4, 0.5) is 5.13 Å². The normalized spacial score (nSPS) is 18.9. The van der Waals surface area contributed by atoms with E-state index in [0.29, 0.717) is 12.5 Å². The summed E-state index contributed by atoms with van der Waals surface area (Å²) in [7, 11) is 0. The summed E-state index contributed by atoms with van der Waals surface area (Å²) in [5.74, 6) is 0.507. The lowest BCUT2D eigenvalue weighted by atomic mass is 9.98. The number of hydrogen-bond acceptors (Lipinski definition) is 4. The van der Waals surface area contributed by atoms with Gasteiger partial charge in [0.15, 0.2) is 5.13 Å². The number of aliphatic hydroxyl groups is 1. The van der Waals surface area contributed by atoms with Crippen molar-refractivity contribution in [1.29, 1.82) is 0 Å². The zero-order valence-corrected chi connectivity index (χ0v) is 9.26. The number of piperidine rings is 1. The van der Waals surface area contributed by atoms with Gasteiger partial charge in [0.05, 0.1) is 5.69 Å². The molecular formula is C10H16N2OS. The van der Waals surface area contributed by atoms with Crippen molar-refractivity contribution in [3.8, 4) is 0 Å². The number of aromatic nitrogens is 1. The SMILES string of the molecule is Cc1csc(N2CCC(CO)CC2)n1. The summed E-state index contributed by atoms with van der Waals surface area (Å²) in [4.78, 5) is 6.79. The fourth-order valence-corrected chi connectivity index (χ4v) is 2.65. The van der Waals surface area contributed by atoms with E-state index in [1.165, 1.54) is 0 Å². The Bertz CT molecular complexity index is 292.